The maximum absolute atomic E-state index is 10.5. The fourth-order valence-corrected chi connectivity index (χ4v) is 1.62. The molecule has 0 aliphatic carbocycles. The van der Waals surface area contributed by atoms with Crippen LogP contribution in [-0.2, 0) is 11.2 Å². The Kier molecular flexibility index (Phi) is 6.09. The van der Waals surface area contributed by atoms with Gasteiger partial charge in [-0.15, -0.1) is 0 Å². The molecule has 2 aromatic carbocycles. The number of hydrogen-bond acceptors (Lipinski definition) is 1. The van der Waals surface area contributed by atoms with E-state index in [4.69, 9.17) is 5.11 Å². The standard InChI is InChI=1S/C14H12O2.K.H/c15-14(16)10-11-6-8-13(9-7-11)12-4-2-1-3-5-12;;/h1-9H,10H2,(H,15,16);;. The van der Waals surface area contributed by atoms with Crippen LogP contribution in [0.25, 0.3) is 11.1 Å². The molecule has 0 aliphatic rings. The van der Waals surface area contributed by atoms with Gasteiger partial charge in [0.05, 0.1) is 6.42 Å². The summed E-state index contributed by atoms with van der Waals surface area (Å²) in [4.78, 5) is 10.5. The summed E-state index contributed by atoms with van der Waals surface area (Å²) < 4.78 is 0. The summed E-state index contributed by atoms with van der Waals surface area (Å²) in [5.41, 5.74) is 3.08. The van der Waals surface area contributed by atoms with Crippen molar-refractivity contribution in [3.8, 4) is 11.1 Å². The predicted molar refractivity (Wildman–Crippen MR) is 70.4 cm³/mol. The van der Waals surface area contributed by atoms with Crippen molar-refractivity contribution in [2.24, 2.45) is 0 Å². The topological polar surface area (TPSA) is 37.3 Å². The molecule has 0 spiro atoms. The first kappa shape index (κ1) is 14.6. The van der Waals surface area contributed by atoms with Crippen molar-refractivity contribution < 1.29 is 9.90 Å². The van der Waals surface area contributed by atoms with Crippen LogP contribution in [0, 0.1) is 0 Å². The molecule has 17 heavy (non-hydrogen) atoms. The van der Waals surface area contributed by atoms with E-state index in [-0.39, 0.29) is 57.8 Å². The molecule has 82 valence electrons. The van der Waals surface area contributed by atoms with Gasteiger partial charge < -0.3 is 5.11 Å². The number of benzene rings is 2. The Bertz CT molecular complexity index is 477. The van der Waals surface area contributed by atoms with E-state index in [1.54, 1.807) is 0 Å². The number of rotatable bonds is 3. The molecule has 2 nitrogen and oxygen atoms in total. The summed E-state index contributed by atoms with van der Waals surface area (Å²) in [5, 5.41) is 8.65. The van der Waals surface area contributed by atoms with E-state index in [0.29, 0.717) is 0 Å². The van der Waals surface area contributed by atoms with Gasteiger partial charge in [0.25, 0.3) is 0 Å². The van der Waals surface area contributed by atoms with Crippen LogP contribution < -0.4 is 0 Å². The van der Waals surface area contributed by atoms with Crippen LogP contribution in [0.4, 0.5) is 0 Å². The maximum atomic E-state index is 10.5. The Hall–Kier alpha value is -0.454. The Labute approximate surface area is 143 Å². The Morgan fingerprint density at radius 3 is 1.94 bits per heavy atom. The van der Waals surface area contributed by atoms with E-state index >= 15 is 0 Å². The molecule has 0 fully saturated rings. The Morgan fingerprint density at radius 1 is 0.882 bits per heavy atom. The molecule has 0 amide bonds. The van der Waals surface area contributed by atoms with Crippen LogP contribution in [0.2, 0.25) is 0 Å². The van der Waals surface area contributed by atoms with Gasteiger partial charge >= 0.3 is 57.4 Å². The molecule has 0 unspecified atom stereocenters. The third-order valence-electron chi connectivity index (χ3n) is 2.42. The molecule has 2 rings (SSSR count). The van der Waals surface area contributed by atoms with Gasteiger partial charge in [0.2, 0.25) is 0 Å². The molecule has 0 aromatic heterocycles. The van der Waals surface area contributed by atoms with Gasteiger partial charge in [-0.1, -0.05) is 54.6 Å². The third-order valence-corrected chi connectivity index (χ3v) is 2.42. The summed E-state index contributed by atoms with van der Waals surface area (Å²) in [6, 6.07) is 17.6. The second kappa shape index (κ2) is 7.09. The van der Waals surface area contributed by atoms with Crippen molar-refractivity contribution in [3.63, 3.8) is 0 Å². The average Bonchev–Trinajstić information content (AvgIpc) is 2.30. The summed E-state index contributed by atoms with van der Waals surface area (Å²) in [6.07, 6.45) is 0.0784. The average molecular weight is 252 g/mol. The molecule has 0 radical (unpaired) electrons. The zero-order valence-electron chi connectivity index (χ0n) is 8.76. The van der Waals surface area contributed by atoms with E-state index in [1.165, 1.54) is 0 Å². The first-order valence-electron chi connectivity index (χ1n) is 5.12. The molecule has 0 bridgehead atoms. The van der Waals surface area contributed by atoms with Crippen molar-refractivity contribution in [1.82, 2.24) is 0 Å². The summed E-state index contributed by atoms with van der Waals surface area (Å²) in [6.45, 7) is 0. The molecule has 2 aromatic rings. The molecule has 0 saturated carbocycles. The van der Waals surface area contributed by atoms with Crippen LogP contribution in [0.15, 0.2) is 54.6 Å². The Balaban J connectivity index is 0.00000144. The monoisotopic (exact) mass is 252 g/mol. The van der Waals surface area contributed by atoms with Crippen molar-refractivity contribution in [3.05, 3.63) is 60.2 Å². The SMILES string of the molecule is O=C(O)Cc1ccc(-c2ccccc2)cc1.[KH]. The zero-order valence-corrected chi connectivity index (χ0v) is 8.76. The Morgan fingerprint density at radius 2 is 1.41 bits per heavy atom. The van der Waals surface area contributed by atoms with Crippen LogP contribution in [0.1, 0.15) is 5.56 Å². The minimum absolute atomic E-state index is 0. The van der Waals surface area contributed by atoms with E-state index in [1.807, 2.05) is 54.6 Å². The summed E-state index contributed by atoms with van der Waals surface area (Å²) >= 11 is 0. The van der Waals surface area contributed by atoms with Gasteiger partial charge in [0.15, 0.2) is 0 Å². The van der Waals surface area contributed by atoms with Gasteiger partial charge in [-0.25, -0.2) is 0 Å². The first-order valence-corrected chi connectivity index (χ1v) is 5.12. The molecule has 0 atom stereocenters. The van der Waals surface area contributed by atoms with Crippen molar-refractivity contribution in [2.75, 3.05) is 0 Å². The van der Waals surface area contributed by atoms with Crippen molar-refractivity contribution in [1.29, 1.82) is 0 Å². The number of carbonyl (C=O) groups is 1. The fourth-order valence-electron chi connectivity index (χ4n) is 1.62. The van der Waals surface area contributed by atoms with Gasteiger partial charge in [0.1, 0.15) is 0 Å². The first-order chi connectivity index (χ1) is 7.75. The second-order valence-electron chi connectivity index (χ2n) is 3.63. The molecule has 0 aliphatic heterocycles. The molecule has 3 heteroatoms. The summed E-state index contributed by atoms with van der Waals surface area (Å²) in [7, 11) is 0. The normalized spacial score (nSPS) is 9.41. The van der Waals surface area contributed by atoms with Gasteiger partial charge in [-0.05, 0) is 16.7 Å². The fraction of sp³-hybridized carbons (Fsp3) is 0.0714. The summed E-state index contributed by atoms with van der Waals surface area (Å²) in [5.74, 6) is -0.799. The van der Waals surface area contributed by atoms with Gasteiger partial charge in [-0.3, -0.25) is 4.79 Å². The van der Waals surface area contributed by atoms with E-state index < -0.39 is 5.97 Å². The molecular weight excluding hydrogens is 239 g/mol. The zero-order chi connectivity index (χ0) is 11.4. The van der Waals surface area contributed by atoms with Crippen LogP contribution >= 0.6 is 0 Å². The number of hydrogen-bond donors (Lipinski definition) is 1. The number of aliphatic carboxylic acids is 1. The molecular formula is C14H13KO2. The van der Waals surface area contributed by atoms with E-state index in [9.17, 15) is 4.79 Å². The van der Waals surface area contributed by atoms with Gasteiger partial charge in [-0.2, -0.15) is 0 Å². The van der Waals surface area contributed by atoms with E-state index in [2.05, 4.69) is 0 Å². The quantitative estimate of drug-likeness (QED) is 0.851. The van der Waals surface area contributed by atoms with Crippen molar-refractivity contribution >= 4 is 57.4 Å². The second-order valence-corrected chi connectivity index (χ2v) is 3.63. The van der Waals surface area contributed by atoms with Crippen molar-refractivity contribution in [2.45, 2.75) is 6.42 Å². The minimum atomic E-state index is -0.799. The third kappa shape index (κ3) is 4.37. The number of carboxylic acid groups (broad SMARTS) is 1. The molecule has 0 heterocycles. The predicted octanol–water partition coefficient (Wildman–Crippen LogP) is 2.33. The van der Waals surface area contributed by atoms with Crippen LogP contribution in [-0.4, -0.2) is 62.5 Å². The van der Waals surface area contributed by atoms with Crippen LogP contribution in [0.5, 0.6) is 0 Å². The number of carboxylic acids is 1. The van der Waals surface area contributed by atoms with Crippen LogP contribution in [0.3, 0.4) is 0 Å². The van der Waals surface area contributed by atoms with E-state index in [0.717, 1.165) is 16.7 Å². The van der Waals surface area contributed by atoms with Gasteiger partial charge in [0, 0.05) is 0 Å². The molecule has 1 N–H and O–H groups in total. The molecule has 0 saturated heterocycles.